The van der Waals surface area contributed by atoms with Crippen LogP contribution in [0.3, 0.4) is 0 Å². The van der Waals surface area contributed by atoms with Gasteiger partial charge in [0.05, 0.1) is 29.5 Å². The summed E-state index contributed by atoms with van der Waals surface area (Å²) in [6, 6.07) is 7.78. The van der Waals surface area contributed by atoms with Crippen LogP contribution in [0, 0.1) is 0 Å². The minimum absolute atomic E-state index is 0.0317. The van der Waals surface area contributed by atoms with E-state index in [1.54, 1.807) is 15.8 Å². The Balaban J connectivity index is 1.24. The van der Waals surface area contributed by atoms with Gasteiger partial charge in [-0.25, -0.2) is 19.9 Å². The van der Waals surface area contributed by atoms with Crippen molar-refractivity contribution in [1.82, 2.24) is 34.0 Å². The van der Waals surface area contributed by atoms with Gasteiger partial charge >= 0.3 is 0 Å². The number of benzene rings is 1. The smallest absolute Gasteiger partial charge is 0.222 e. The summed E-state index contributed by atoms with van der Waals surface area (Å²) >= 11 is 0. The molecular weight excluding hydrogens is 408 g/mol. The third-order valence-corrected chi connectivity index (χ3v) is 6.20. The molecule has 32 heavy (non-hydrogen) atoms. The second-order valence-corrected chi connectivity index (χ2v) is 8.13. The molecule has 10 nitrogen and oxygen atoms in total. The lowest BCUT2D eigenvalue weighted by Gasteiger charge is -2.17. The third kappa shape index (κ3) is 3.46. The molecule has 1 aromatic carbocycles. The molecule has 1 aliphatic rings. The molecule has 1 fully saturated rings. The van der Waals surface area contributed by atoms with E-state index in [4.69, 9.17) is 10.7 Å². The summed E-state index contributed by atoms with van der Waals surface area (Å²) in [6.07, 6.45) is 4.13. The summed E-state index contributed by atoms with van der Waals surface area (Å²) in [5.41, 5.74) is 9.04. The van der Waals surface area contributed by atoms with Crippen LogP contribution in [0.4, 0.5) is 5.82 Å². The average Bonchev–Trinajstić information content (AvgIpc) is 3.48. The number of rotatable bonds is 6. The van der Waals surface area contributed by atoms with Crippen molar-refractivity contribution in [3.8, 4) is 0 Å². The standard InChI is InChI=1S/C22H26N8O2/c1-2-29-15-7-4-3-6-14(15)27-18(29)8-5-9-19(32)28-10-16(17(31)11-28)30-13-26-20-21(23)24-12-25-22(20)30/h3-4,6-7,12-13,16-17,31H,2,5,8-11H2,1H3,(H2,23,24,25)/t16-,17-/m1/s1. The first-order valence-corrected chi connectivity index (χ1v) is 10.9. The summed E-state index contributed by atoms with van der Waals surface area (Å²) in [5.74, 6) is 1.33. The van der Waals surface area contributed by atoms with Gasteiger partial charge in [0, 0.05) is 32.5 Å². The monoisotopic (exact) mass is 434 g/mol. The van der Waals surface area contributed by atoms with Crippen LogP contribution in [0.15, 0.2) is 36.9 Å². The van der Waals surface area contributed by atoms with Crippen LogP contribution < -0.4 is 5.73 Å². The van der Waals surface area contributed by atoms with E-state index < -0.39 is 6.10 Å². The Kier molecular flexibility index (Phi) is 5.22. The maximum absolute atomic E-state index is 12.9. The maximum Gasteiger partial charge on any atom is 0.222 e. The SMILES string of the molecule is CCn1c(CCCC(=O)N2C[C@@H](O)[C@H](n3cnc4c(N)ncnc43)C2)nc2ccccc21. The number of fused-ring (bicyclic) bond motifs is 2. The Morgan fingerprint density at radius 2 is 2.06 bits per heavy atom. The number of aliphatic hydroxyl groups is 1. The summed E-state index contributed by atoms with van der Waals surface area (Å²) in [5, 5.41) is 10.6. The summed E-state index contributed by atoms with van der Waals surface area (Å²) in [6.45, 7) is 3.64. The molecule has 4 heterocycles. The number of aliphatic hydroxyl groups excluding tert-OH is 1. The summed E-state index contributed by atoms with van der Waals surface area (Å²) < 4.78 is 3.99. The molecule has 1 aliphatic heterocycles. The van der Waals surface area contributed by atoms with Crippen molar-refractivity contribution < 1.29 is 9.90 Å². The number of carbonyl (C=O) groups excluding carboxylic acids is 1. The van der Waals surface area contributed by atoms with E-state index in [9.17, 15) is 9.90 Å². The van der Waals surface area contributed by atoms with Gasteiger partial charge in [-0.3, -0.25) is 4.79 Å². The number of amides is 1. The number of para-hydroxylation sites is 2. The third-order valence-electron chi connectivity index (χ3n) is 6.20. The highest BCUT2D eigenvalue weighted by Gasteiger charge is 2.36. The normalized spacial score (nSPS) is 18.8. The minimum atomic E-state index is -0.697. The Hall–Kier alpha value is -3.53. The van der Waals surface area contributed by atoms with Crippen molar-refractivity contribution in [2.24, 2.45) is 0 Å². The number of aromatic nitrogens is 6. The molecule has 1 amide bonds. The van der Waals surface area contributed by atoms with E-state index in [1.807, 2.05) is 18.2 Å². The predicted octanol–water partition coefficient (Wildman–Crippen LogP) is 1.55. The fraction of sp³-hybridized carbons (Fsp3) is 0.409. The van der Waals surface area contributed by atoms with Crippen molar-refractivity contribution in [2.75, 3.05) is 18.8 Å². The highest BCUT2D eigenvalue weighted by molar-refractivity contribution is 5.81. The van der Waals surface area contributed by atoms with E-state index in [2.05, 4.69) is 32.5 Å². The van der Waals surface area contributed by atoms with Crippen LogP contribution in [0.2, 0.25) is 0 Å². The molecule has 0 unspecified atom stereocenters. The molecule has 0 spiro atoms. The van der Waals surface area contributed by atoms with Crippen LogP contribution >= 0.6 is 0 Å². The van der Waals surface area contributed by atoms with Gasteiger partial charge < -0.3 is 24.9 Å². The lowest BCUT2D eigenvalue weighted by Crippen LogP contribution is -2.29. The zero-order valence-corrected chi connectivity index (χ0v) is 17.9. The van der Waals surface area contributed by atoms with Crippen LogP contribution in [-0.4, -0.2) is 64.2 Å². The molecule has 0 radical (unpaired) electrons. The number of nitrogens with zero attached hydrogens (tertiary/aromatic N) is 7. The van der Waals surface area contributed by atoms with Crippen LogP contribution in [0.1, 0.15) is 31.6 Å². The first-order chi connectivity index (χ1) is 15.6. The molecule has 5 rings (SSSR count). The number of hydrogen-bond donors (Lipinski definition) is 2. The second-order valence-electron chi connectivity index (χ2n) is 8.13. The van der Waals surface area contributed by atoms with Crippen molar-refractivity contribution >= 4 is 33.9 Å². The van der Waals surface area contributed by atoms with Gasteiger partial charge in [0.25, 0.3) is 0 Å². The number of imidazole rings is 2. The number of hydrogen-bond acceptors (Lipinski definition) is 7. The number of anilines is 1. The lowest BCUT2D eigenvalue weighted by molar-refractivity contribution is -0.130. The molecule has 3 aromatic heterocycles. The molecule has 10 heteroatoms. The molecule has 2 atom stereocenters. The predicted molar refractivity (Wildman–Crippen MR) is 120 cm³/mol. The highest BCUT2D eigenvalue weighted by atomic mass is 16.3. The van der Waals surface area contributed by atoms with E-state index in [0.29, 0.717) is 36.4 Å². The highest BCUT2D eigenvalue weighted by Crippen LogP contribution is 2.27. The van der Waals surface area contributed by atoms with E-state index in [1.165, 1.54) is 6.33 Å². The van der Waals surface area contributed by atoms with E-state index >= 15 is 0 Å². The Morgan fingerprint density at radius 1 is 1.22 bits per heavy atom. The molecule has 0 aliphatic carbocycles. The number of likely N-dealkylation sites (tertiary alicyclic amines) is 1. The first-order valence-electron chi connectivity index (χ1n) is 10.9. The van der Waals surface area contributed by atoms with Crippen molar-refractivity contribution in [3.05, 3.63) is 42.7 Å². The van der Waals surface area contributed by atoms with Gasteiger partial charge in [-0.15, -0.1) is 0 Å². The average molecular weight is 435 g/mol. The molecule has 166 valence electrons. The number of nitrogen functional groups attached to an aromatic ring is 1. The minimum Gasteiger partial charge on any atom is -0.389 e. The number of carbonyl (C=O) groups is 1. The maximum atomic E-state index is 12.9. The summed E-state index contributed by atoms with van der Waals surface area (Å²) in [4.78, 5) is 31.8. The molecule has 0 bridgehead atoms. The lowest BCUT2D eigenvalue weighted by atomic mass is 10.2. The molecular formula is C22H26N8O2. The van der Waals surface area contributed by atoms with E-state index in [0.717, 1.165) is 29.8 Å². The fourth-order valence-electron chi connectivity index (χ4n) is 4.58. The zero-order valence-electron chi connectivity index (χ0n) is 17.9. The van der Waals surface area contributed by atoms with Gasteiger partial charge in [-0.05, 0) is 25.5 Å². The summed E-state index contributed by atoms with van der Waals surface area (Å²) in [7, 11) is 0. The van der Waals surface area contributed by atoms with E-state index in [-0.39, 0.29) is 18.5 Å². The molecule has 1 saturated heterocycles. The largest absolute Gasteiger partial charge is 0.389 e. The molecule has 0 saturated carbocycles. The Bertz CT molecular complexity index is 1280. The topological polar surface area (TPSA) is 128 Å². The number of aryl methyl sites for hydroxylation is 2. The Morgan fingerprint density at radius 3 is 2.91 bits per heavy atom. The molecule has 3 N–H and O–H groups in total. The fourth-order valence-corrected chi connectivity index (χ4v) is 4.58. The van der Waals surface area contributed by atoms with Crippen molar-refractivity contribution in [1.29, 1.82) is 0 Å². The van der Waals surface area contributed by atoms with Gasteiger partial charge in [0.2, 0.25) is 5.91 Å². The van der Waals surface area contributed by atoms with Crippen LogP contribution in [-0.2, 0) is 17.8 Å². The molecule has 4 aromatic rings. The van der Waals surface area contributed by atoms with Crippen LogP contribution in [0.5, 0.6) is 0 Å². The Labute approximate surface area is 184 Å². The number of nitrogens with two attached hydrogens (primary N) is 1. The number of β-amino-alcohol motifs (C(OH)–C–C–N with tert-alkyl or cyclic N) is 1. The zero-order chi connectivity index (χ0) is 22.2. The van der Waals surface area contributed by atoms with Gasteiger partial charge in [0.1, 0.15) is 17.7 Å². The van der Waals surface area contributed by atoms with Crippen molar-refractivity contribution in [2.45, 2.75) is 44.9 Å². The first kappa shape index (κ1) is 20.4. The van der Waals surface area contributed by atoms with Gasteiger partial charge in [-0.1, -0.05) is 12.1 Å². The van der Waals surface area contributed by atoms with Gasteiger partial charge in [0.15, 0.2) is 11.5 Å². The second kappa shape index (κ2) is 8.19. The van der Waals surface area contributed by atoms with Crippen molar-refractivity contribution in [3.63, 3.8) is 0 Å². The van der Waals surface area contributed by atoms with Gasteiger partial charge in [-0.2, -0.15) is 0 Å². The quantitative estimate of drug-likeness (QED) is 0.471. The van der Waals surface area contributed by atoms with Crippen LogP contribution in [0.25, 0.3) is 22.2 Å².